The first-order valence-corrected chi connectivity index (χ1v) is 5.63. The Bertz CT molecular complexity index is 497. The third-order valence-electron chi connectivity index (χ3n) is 2.79. The molecule has 0 radical (unpaired) electrons. The number of aromatic nitrogens is 1. The van der Waals surface area contributed by atoms with Crippen molar-refractivity contribution in [2.45, 2.75) is 6.54 Å². The molecule has 0 atom stereocenters. The zero-order valence-electron chi connectivity index (χ0n) is 10.4. The Hall–Kier alpha value is -1.61. The predicted molar refractivity (Wildman–Crippen MR) is 83.2 cm³/mol. The lowest BCUT2D eigenvalue weighted by atomic mass is 10.1. The van der Waals surface area contributed by atoms with Crippen molar-refractivity contribution in [2.24, 2.45) is 0 Å². The lowest BCUT2D eigenvalue weighted by molar-refractivity contribution is 0.918. The molecule has 2 aromatic rings. The first-order chi connectivity index (χ1) is 8.31. The van der Waals surface area contributed by atoms with E-state index in [-0.39, 0.29) is 17.0 Å². The molecule has 0 amide bonds. The van der Waals surface area contributed by atoms with Gasteiger partial charge in [-0.25, -0.2) is 0 Å². The van der Waals surface area contributed by atoms with Gasteiger partial charge in [-0.1, -0.05) is 36.9 Å². The Morgan fingerprint density at radius 1 is 1.17 bits per heavy atom. The van der Waals surface area contributed by atoms with Gasteiger partial charge in [-0.2, -0.15) is 0 Å². The summed E-state index contributed by atoms with van der Waals surface area (Å²) >= 11 is 0. The zero-order chi connectivity index (χ0) is 12.1. The third kappa shape index (κ3) is 3.44. The molecule has 0 spiro atoms. The largest absolute Gasteiger partial charge is 0.370 e. The Morgan fingerprint density at radius 2 is 1.83 bits per heavy atom. The molecular formula is C15H17BrN2. The van der Waals surface area contributed by atoms with Crippen LogP contribution in [0.15, 0.2) is 55.4 Å². The Labute approximate surface area is 119 Å². The van der Waals surface area contributed by atoms with Gasteiger partial charge in [0.1, 0.15) is 0 Å². The summed E-state index contributed by atoms with van der Waals surface area (Å²) in [7, 11) is 2.08. The Kier molecular flexibility index (Phi) is 5.59. The van der Waals surface area contributed by atoms with Crippen LogP contribution in [0.25, 0.3) is 6.08 Å². The van der Waals surface area contributed by atoms with Crippen LogP contribution in [0.2, 0.25) is 0 Å². The van der Waals surface area contributed by atoms with Gasteiger partial charge in [0.25, 0.3) is 0 Å². The number of hydrogen-bond donors (Lipinski definition) is 0. The second-order valence-corrected chi connectivity index (χ2v) is 3.96. The second-order valence-electron chi connectivity index (χ2n) is 3.96. The molecule has 1 heterocycles. The van der Waals surface area contributed by atoms with E-state index in [4.69, 9.17) is 0 Å². The van der Waals surface area contributed by atoms with Crippen molar-refractivity contribution >= 4 is 28.7 Å². The Morgan fingerprint density at radius 3 is 2.50 bits per heavy atom. The first kappa shape index (κ1) is 14.5. The molecule has 0 saturated heterocycles. The van der Waals surface area contributed by atoms with Crippen molar-refractivity contribution in [3.05, 3.63) is 66.5 Å². The highest BCUT2D eigenvalue weighted by Gasteiger charge is 2.03. The molecule has 0 saturated carbocycles. The predicted octanol–water partition coefficient (Wildman–Crippen LogP) is 3.94. The lowest BCUT2D eigenvalue weighted by Gasteiger charge is -2.20. The van der Waals surface area contributed by atoms with Gasteiger partial charge in [-0.05, 0) is 23.3 Å². The maximum Gasteiger partial charge on any atom is 0.0432 e. The molecule has 3 heteroatoms. The molecule has 0 unspecified atom stereocenters. The van der Waals surface area contributed by atoms with E-state index >= 15 is 0 Å². The fourth-order valence-electron chi connectivity index (χ4n) is 1.82. The van der Waals surface area contributed by atoms with E-state index in [1.165, 1.54) is 16.8 Å². The first-order valence-electron chi connectivity index (χ1n) is 5.63. The van der Waals surface area contributed by atoms with Crippen LogP contribution < -0.4 is 4.90 Å². The number of rotatable bonds is 4. The van der Waals surface area contributed by atoms with E-state index in [1.54, 1.807) is 0 Å². The zero-order valence-corrected chi connectivity index (χ0v) is 12.1. The molecule has 2 rings (SSSR count). The summed E-state index contributed by atoms with van der Waals surface area (Å²) in [6, 6.07) is 12.3. The van der Waals surface area contributed by atoms with Crippen LogP contribution in [-0.2, 0) is 6.54 Å². The van der Waals surface area contributed by atoms with E-state index in [2.05, 4.69) is 41.7 Å². The smallest absolute Gasteiger partial charge is 0.0432 e. The van der Waals surface area contributed by atoms with Crippen molar-refractivity contribution in [3.63, 3.8) is 0 Å². The monoisotopic (exact) mass is 304 g/mol. The number of pyridine rings is 1. The van der Waals surface area contributed by atoms with Crippen LogP contribution in [0.3, 0.4) is 0 Å². The molecule has 0 aliphatic rings. The SMILES string of the molecule is Br.C=Cc1ccccc1CN(C)c1ccncc1. The highest BCUT2D eigenvalue weighted by Crippen LogP contribution is 2.17. The van der Waals surface area contributed by atoms with Gasteiger partial charge in [-0.15, -0.1) is 17.0 Å². The minimum absolute atomic E-state index is 0. The minimum atomic E-state index is 0. The normalized spacial score (nSPS) is 9.39. The highest BCUT2D eigenvalue weighted by molar-refractivity contribution is 8.93. The maximum absolute atomic E-state index is 4.03. The van der Waals surface area contributed by atoms with E-state index in [1.807, 2.05) is 36.7 Å². The van der Waals surface area contributed by atoms with Gasteiger partial charge in [-0.3, -0.25) is 4.98 Å². The van der Waals surface area contributed by atoms with Crippen LogP contribution >= 0.6 is 17.0 Å². The summed E-state index contributed by atoms with van der Waals surface area (Å²) in [5, 5.41) is 0. The molecule has 0 bridgehead atoms. The van der Waals surface area contributed by atoms with E-state index < -0.39 is 0 Å². The van der Waals surface area contributed by atoms with Crippen molar-refractivity contribution in [3.8, 4) is 0 Å². The molecule has 18 heavy (non-hydrogen) atoms. The van der Waals surface area contributed by atoms with Crippen LogP contribution in [0.1, 0.15) is 11.1 Å². The Balaban J connectivity index is 0.00000162. The second kappa shape index (κ2) is 6.97. The quantitative estimate of drug-likeness (QED) is 0.850. The minimum Gasteiger partial charge on any atom is -0.370 e. The van der Waals surface area contributed by atoms with Crippen LogP contribution in [0, 0.1) is 0 Å². The molecule has 0 aliphatic carbocycles. The van der Waals surface area contributed by atoms with Gasteiger partial charge in [0.05, 0.1) is 0 Å². The number of nitrogens with zero attached hydrogens (tertiary/aromatic N) is 2. The molecule has 0 fully saturated rings. The van der Waals surface area contributed by atoms with Crippen molar-refractivity contribution in [2.75, 3.05) is 11.9 Å². The fraction of sp³-hybridized carbons (Fsp3) is 0.133. The summed E-state index contributed by atoms with van der Waals surface area (Å²) in [5.41, 5.74) is 3.63. The fourth-order valence-corrected chi connectivity index (χ4v) is 1.82. The lowest BCUT2D eigenvalue weighted by Crippen LogP contribution is -2.16. The van der Waals surface area contributed by atoms with Crippen molar-refractivity contribution in [1.29, 1.82) is 0 Å². The molecule has 1 aromatic heterocycles. The van der Waals surface area contributed by atoms with Gasteiger partial charge >= 0.3 is 0 Å². The molecule has 0 aliphatic heterocycles. The third-order valence-corrected chi connectivity index (χ3v) is 2.79. The summed E-state index contributed by atoms with van der Waals surface area (Å²) < 4.78 is 0. The maximum atomic E-state index is 4.03. The summed E-state index contributed by atoms with van der Waals surface area (Å²) in [4.78, 5) is 6.22. The average Bonchev–Trinajstić information content (AvgIpc) is 2.40. The molecule has 2 nitrogen and oxygen atoms in total. The molecular weight excluding hydrogens is 288 g/mol. The van der Waals surface area contributed by atoms with Crippen molar-refractivity contribution in [1.82, 2.24) is 4.98 Å². The van der Waals surface area contributed by atoms with E-state index in [9.17, 15) is 0 Å². The summed E-state index contributed by atoms with van der Waals surface area (Å²) in [6.45, 7) is 4.71. The number of anilines is 1. The highest BCUT2D eigenvalue weighted by atomic mass is 79.9. The van der Waals surface area contributed by atoms with Crippen LogP contribution in [-0.4, -0.2) is 12.0 Å². The summed E-state index contributed by atoms with van der Waals surface area (Å²) in [5.74, 6) is 0. The van der Waals surface area contributed by atoms with Crippen LogP contribution in [0.4, 0.5) is 5.69 Å². The van der Waals surface area contributed by atoms with Crippen LogP contribution in [0.5, 0.6) is 0 Å². The molecule has 94 valence electrons. The topological polar surface area (TPSA) is 16.1 Å². The number of benzene rings is 1. The van der Waals surface area contributed by atoms with Crippen molar-refractivity contribution < 1.29 is 0 Å². The number of halogens is 1. The number of hydrogen-bond acceptors (Lipinski definition) is 2. The molecule has 1 aromatic carbocycles. The van der Waals surface area contributed by atoms with Gasteiger partial charge in [0, 0.05) is 31.7 Å². The van der Waals surface area contributed by atoms with E-state index in [0.717, 1.165) is 6.54 Å². The molecule has 0 N–H and O–H groups in total. The van der Waals surface area contributed by atoms with E-state index in [0.29, 0.717) is 0 Å². The summed E-state index contributed by atoms with van der Waals surface area (Å²) in [6.07, 6.45) is 5.52. The van der Waals surface area contributed by atoms with Gasteiger partial charge < -0.3 is 4.90 Å². The van der Waals surface area contributed by atoms with Gasteiger partial charge in [0.15, 0.2) is 0 Å². The average molecular weight is 305 g/mol. The van der Waals surface area contributed by atoms with Gasteiger partial charge in [0.2, 0.25) is 0 Å². The standard InChI is InChI=1S/C15H16N2.BrH/c1-3-13-6-4-5-7-14(13)12-17(2)15-8-10-16-11-9-15;/h3-11H,1,12H2,2H3;1H.